The summed E-state index contributed by atoms with van der Waals surface area (Å²) in [6, 6.07) is -0.259. The molecular formula is C12H19N3O3S4. The van der Waals surface area contributed by atoms with Gasteiger partial charge in [-0.25, -0.2) is 8.42 Å². The fraction of sp³-hybridized carbons (Fsp3) is 0.750. The first-order valence-corrected chi connectivity index (χ1v) is 11.5. The highest BCUT2D eigenvalue weighted by atomic mass is 32.2. The highest BCUT2D eigenvalue weighted by Crippen LogP contribution is 2.31. The number of nitrogens with zero attached hydrogens (tertiary/aromatic N) is 2. The maximum Gasteiger partial charge on any atom is 0.233 e. The zero-order valence-corrected chi connectivity index (χ0v) is 15.7. The molecule has 2 heterocycles. The molecular weight excluding hydrogens is 362 g/mol. The van der Waals surface area contributed by atoms with Crippen molar-refractivity contribution in [1.82, 2.24) is 15.5 Å². The predicted molar refractivity (Wildman–Crippen MR) is 91.4 cm³/mol. The average Bonchev–Trinajstić information content (AvgIpc) is 3.03. The van der Waals surface area contributed by atoms with E-state index in [0.29, 0.717) is 6.42 Å². The first-order valence-electron chi connectivity index (χ1n) is 7.03. The summed E-state index contributed by atoms with van der Waals surface area (Å²) in [4.78, 5) is 12.1. The van der Waals surface area contributed by atoms with Crippen LogP contribution >= 0.6 is 34.9 Å². The van der Waals surface area contributed by atoms with Crippen molar-refractivity contribution in [2.45, 2.75) is 46.7 Å². The summed E-state index contributed by atoms with van der Waals surface area (Å²) in [7, 11) is -2.98. The van der Waals surface area contributed by atoms with E-state index in [2.05, 4.69) is 22.4 Å². The molecule has 0 unspecified atom stereocenters. The zero-order chi connectivity index (χ0) is 16.2. The van der Waals surface area contributed by atoms with Crippen molar-refractivity contribution < 1.29 is 13.2 Å². The first-order chi connectivity index (χ1) is 10.4. The summed E-state index contributed by atoms with van der Waals surface area (Å²) in [5.41, 5.74) is 0. The van der Waals surface area contributed by atoms with Crippen LogP contribution < -0.4 is 5.32 Å². The third-order valence-electron chi connectivity index (χ3n) is 3.04. The van der Waals surface area contributed by atoms with Crippen LogP contribution in [-0.2, 0) is 14.6 Å². The quantitative estimate of drug-likeness (QED) is 0.721. The van der Waals surface area contributed by atoms with E-state index in [1.807, 2.05) is 0 Å². The van der Waals surface area contributed by atoms with Crippen LogP contribution in [-0.4, -0.2) is 53.1 Å². The number of hydrogen-bond donors (Lipinski definition) is 1. The van der Waals surface area contributed by atoms with Crippen LogP contribution in [0, 0.1) is 0 Å². The SMILES string of the molecule is CCCSc1nnc(S[C@H](C)C(=O)N[C@@H]2CCS(=O)(=O)C2)s1. The van der Waals surface area contributed by atoms with Crippen LogP contribution in [0.15, 0.2) is 8.68 Å². The Hall–Kier alpha value is -0.320. The van der Waals surface area contributed by atoms with Gasteiger partial charge in [-0.3, -0.25) is 4.79 Å². The van der Waals surface area contributed by atoms with Gasteiger partial charge in [0.05, 0.1) is 16.8 Å². The lowest BCUT2D eigenvalue weighted by Gasteiger charge is -2.14. The summed E-state index contributed by atoms with van der Waals surface area (Å²) in [5, 5.41) is 10.7. The van der Waals surface area contributed by atoms with Gasteiger partial charge >= 0.3 is 0 Å². The van der Waals surface area contributed by atoms with Crippen LogP contribution in [0.2, 0.25) is 0 Å². The predicted octanol–water partition coefficient (Wildman–Crippen LogP) is 1.82. The summed E-state index contributed by atoms with van der Waals surface area (Å²) in [6.45, 7) is 3.91. The molecule has 1 aromatic heterocycles. The van der Waals surface area contributed by atoms with Crippen LogP contribution in [0.25, 0.3) is 0 Å². The van der Waals surface area contributed by atoms with Crippen LogP contribution in [0.5, 0.6) is 0 Å². The molecule has 2 rings (SSSR count). The molecule has 1 fully saturated rings. The monoisotopic (exact) mass is 381 g/mol. The fourth-order valence-electron chi connectivity index (χ4n) is 1.92. The molecule has 22 heavy (non-hydrogen) atoms. The van der Waals surface area contributed by atoms with E-state index in [1.54, 1.807) is 18.7 Å². The van der Waals surface area contributed by atoms with E-state index >= 15 is 0 Å². The number of carbonyl (C=O) groups is 1. The minimum absolute atomic E-state index is 0.0484. The number of thioether (sulfide) groups is 2. The molecule has 1 amide bonds. The van der Waals surface area contributed by atoms with Gasteiger partial charge in [0.1, 0.15) is 0 Å². The van der Waals surface area contributed by atoms with E-state index < -0.39 is 9.84 Å². The van der Waals surface area contributed by atoms with Gasteiger partial charge in [-0.1, -0.05) is 41.8 Å². The fourth-order valence-corrected chi connectivity index (χ4v) is 6.70. The Morgan fingerprint density at radius 3 is 2.82 bits per heavy atom. The van der Waals surface area contributed by atoms with Gasteiger partial charge in [-0.2, -0.15) is 0 Å². The van der Waals surface area contributed by atoms with Crippen molar-refractivity contribution in [3.63, 3.8) is 0 Å². The van der Waals surface area contributed by atoms with Crippen LogP contribution in [0.1, 0.15) is 26.7 Å². The minimum Gasteiger partial charge on any atom is -0.351 e. The normalized spacial score (nSPS) is 21.6. The summed E-state index contributed by atoms with van der Waals surface area (Å²) in [5.74, 6) is 1.07. The Labute approximate surface area is 143 Å². The Bertz CT molecular complexity index is 617. The van der Waals surface area contributed by atoms with Crippen molar-refractivity contribution in [1.29, 1.82) is 0 Å². The van der Waals surface area contributed by atoms with Gasteiger partial charge in [-0.15, -0.1) is 10.2 Å². The summed E-state index contributed by atoms with van der Waals surface area (Å²) in [6.07, 6.45) is 1.58. The Morgan fingerprint density at radius 1 is 1.45 bits per heavy atom. The summed E-state index contributed by atoms with van der Waals surface area (Å²) >= 11 is 4.52. The number of nitrogens with one attached hydrogen (secondary N) is 1. The molecule has 1 aliphatic rings. The lowest BCUT2D eigenvalue weighted by atomic mass is 10.2. The number of hydrogen-bond acceptors (Lipinski definition) is 8. The molecule has 1 saturated heterocycles. The van der Waals surface area contributed by atoms with Crippen molar-refractivity contribution in [2.75, 3.05) is 17.3 Å². The first kappa shape index (κ1) is 18.0. The molecule has 1 N–H and O–H groups in total. The standard InChI is InChI=1S/C12H19N3O3S4/c1-3-5-19-11-14-15-12(21-11)20-8(2)10(16)13-9-4-6-22(17,18)7-9/h8-9H,3-7H2,1-2H3,(H,13,16)/t8-,9-/m1/s1. The molecule has 1 aliphatic heterocycles. The van der Waals surface area contributed by atoms with Crippen molar-refractivity contribution in [3.8, 4) is 0 Å². The second kappa shape index (κ2) is 7.98. The molecule has 2 atom stereocenters. The Morgan fingerprint density at radius 2 is 2.18 bits per heavy atom. The molecule has 0 aliphatic carbocycles. The zero-order valence-electron chi connectivity index (χ0n) is 12.4. The highest BCUT2D eigenvalue weighted by molar-refractivity contribution is 8.03. The molecule has 1 aromatic rings. The van der Waals surface area contributed by atoms with Gasteiger partial charge in [-0.05, 0) is 19.8 Å². The molecule has 0 bridgehead atoms. The van der Waals surface area contributed by atoms with E-state index in [0.717, 1.165) is 20.9 Å². The number of amides is 1. The van der Waals surface area contributed by atoms with E-state index in [4.69, 9.17) is 0 Å². The second-order valence-electron chi connectivity index (χ2n) is 5.05. The molecule has 6 nitrogen and oxygen atoms in total. The highest BCUT2D eigenvalue weighted by Gasteiger charge is 2.30. The smallest absolute Gasteiger partial charge is 0.233 e. The van der Waals surface area contributed by atoms with Gasteiger partial charge in [0.15, 0.2) is 18.5 Å². The molecule has 10 heteroatoms. The third kappa shape index (κ3) is 5.39. The second-order valence-corrected chi connectivity index (χ2v) is 11.2. The Balaban J connectivity index is 1.82. The lowest BCUT2D eigenvalue weighted by Crippen LogP contribution is -2.39. The van der Waals surface area contributed by atoms with Crippen molar-refractivity contribution in [3.05, 3.63) is 0 Å². The molecule has 0 aromatic carbocycles. The van der Waals surface area contributed by atoms with E-state index in [9.17, 15) is 13.2 Å². The molecule has 0 saturated carbocycles. The summed E-state index contributed by atoms with van der Waals surface area (Å²) < 4.78 is 24.5. The van der Waals surface area contributed by atoms with Crippen molar-refractivity contribution >= 4 is 50.6 Å². The molecule has 0 spiro atoms. The number of carbonyl (C=O) groups excluding carboxylic acids is 1. The largest absolute Gasteiger partial charge is 0.351 e. The van der Waals surface area contributed by atoms with Crippen molar-refractivity contribution in [2.24, 2.45) is 0 Å². The average molecular weight is 382 g/mol. The number of rotatable bonds is 7. The maximum absolute atomic E-state index is 12.1. The van der Waals surface area contributed by atoms with Gasteiger partial charge < -0.3 is 5.32 Å². The molecule has 0 radical (unpaired) electrons. The van der Waals surface area contributed by atoms with E-state index in [1.165, 1.54) is 23.1 Å². The van der Waals surface area contributed by atoms with Gasteiger partial charge in [0, 0.05) is 11.8 Å². The van der Waals surface area contributed by atoms with Gasteiger partial charge in [0.2, 0.25) is 5.91 Å². The minimum atomic E-state index is -2.98. The number of sulfone groups is 1. The van der Waals surface area contributed by atoms with Crippen LogP contribution in [0.3, 0.4) is 0 Å². The third-order valence-corrected chi connectivity index (χ3v) is 8.26. The number of aromatic nitrogens is 2. The maximum atomic E-state index is 12.1. The van der Waals surface area contributed by atoms with Gasteiger partial charge in [0.25, 0.3) is 0 Å². The topological polar surface area (TPSA) is 89.0 Å². The van der Waals surface area contributed by atoms with E-state index in [-0.39, 0.29) is 28.7 Å². The van der Waals surface area contributed by atoms with Crippen LogP contribution in [0.4, 0.5) is 0 Å². The molecule has 124 valence electrons. The lowest BCUT2D eigenvalue weighted by molar-refractivity contribution is -0.120. The Kier molecular flexibility index (Phi) is 6.54.